The van der Waals surface area contributed by atoms with Crippen LogP contribution in [0.3, 0.4) is 0 Å². The lowest BCUT2D eigenvalue weighted by Gasteiger charge is -2.17. The average molecular weight is 405 g/mol. The van der Waals surface area contributed by atoms with Gasteiger partial charge in [0.15, 0.2) is 11.8 Å². The second-order valence-electron chi connectivity index (χ2n) is 6.18. The summed E-state index contributed by atoms with van der Waals surface area (Å²) in [5, 5.41) is 12.4. The van der Waals surface area contributed by atoms with Gasteiger partial charge in [0.05, 0.1) is 16.8 Å². The summed E-state index contributed by atoms with van der Waals surface area (Å²) in [5.74, 6) is -1.68. The normalized spacial score (nSPS) is 12.9. The Morgan fingerprint density at radius 1 is 1.37 bits per heavy atom. The highest BCUT2D eigenvalue weighted by atomic mass is 35.5. The zero-order chi connectivity index (χ0) is 20.4. The summed E-state index contributed by atoms with van der Waals surface area (Å²) in [4.78, 5) is 23.6. The fourth-order valence-electron chi connectivity index (χ4n) is 2.38. The summed E-state index contributed by atoms with van der Waals surface area (Å²) in [5.41, 5.74) is -1.84. The van der Waals surface area contributed by atoms with Crippen molar-refractivity contribution < 1.29 is 27.8 Å². The average Bonchev–Trinajstić information content (AvgIpc) is 2.53. The Morgan fingerprint density at radius 3 is 2.56 bits per heavy atom. The van der Waals surface area contributed by atoms with Crippen molar-refractivity contribution >= 4 is 17.6 Å². The molecule has 6 nitrogen and oxygen atoms in total. The largest absolute Gasteiger partial charge is 0.480 e. The van der Waals surface area contributed by atoms with Gasteiger partial charge in [0.2, 0.25) is 0 Å². The molecule has 0 aliphatic rings. The maximum Gasteiger partial charge on any atom is 0.417 e. The van der Waals surface area contributed by atoms with Gasteiger partial charge < -0.3 is 9.84 Å². The van der Waals surface area contributed by atoms with E-state index >= 15 is 0 Å². The van der Waals surface area contributed by atoms with E-state index in [-0.39, 0.29) is 23.8 Å². The Balaban J connectivity index is 2.34. The molecule has 27 heavy (non-hydrogen) atoms. The van der Waals surface area contributed by atoms with Crippen LogP contribution >= 0.6 is 11.6 Å². The van der Waals surface area contributed by atoms with Gasteiger partial charge in [-0.2, -0.15) is 18.3 Å². The van der Waals surface area contributed by atoms with Crippen molar-refractivity contribution in [1.82, 2.24) is 9.78 Å². The maximum atomic E-state index is 12.9. The molecule has 0 saturated carbocycles. The van der Waals surface area contributed by atoms with Crippen molar-refractivity contribution in [2.24, 2.45) is 5.92 Å². The summed E-state index contributed by atoms with van der Waals surface area (Å²) >= 11 is 5.74. The van der Waals surface area contributed by atoms with Crippen LogP contribution in [-0.4, -0.2) is 20.9 Å². The van der Waals surface area contributed by atoms with Crippen LogP contribution < -0.4 is 10.3 Å². The zero-order valence-corrected chi connectivity index (χ0v) is 15.1. The summed E-state index contributed by atoms with van der Waals surface area (Å²) in [7, 11) is 0. The van der Waals surface area contributed by atoms with Crippen LogP contribution in [0.4, 0.5) is 13.2 Å². The smallest absolute Gasteiger partial charge is 0.417 e. The summed E-state index contributed by atoms with van der Waals surface area (Å²) in [6.45, 7) is 3.60. The van der Waals surface area contributed by atoms with Crippen molar-refractivity contribution in [3.63, 3.8) is 0 Å². The van der Waals surface area contributed by atoms with Crippen molar-refractivity contribution in [2.75, 3.05) is 0 Å². The highest BCUT2D eigenvalue weighted by Gasteiger charge is 2.34. The van der Waals surface area contributed by atoms with E-state index in [4.69, 9.17) is 16.3 Å². The quantitative estimate of drug-likeness (QED) is 0.772. The zero-order valence-electron chi connectivity index (χ0n) is 14.3. The number of ether oxygens (including phenoxy) is 1. The minimum Gasteiger partial charge on any atom is -0.480 e. The van der Waals surface area contributed by atoms with Gasteiger partial charge in [-0.25, -0.2) is 9.48 Å². The van der Waals surface area contributed by atoms with Gasteiger partial charge in [-0.05, 0) is 24.5 Å². The molecular weight excluding hydrogens is 389 g/mol. The minimum absolute atomic E-state index is 0.000332. The first-order valence-electron chi connectivity index (χ1n) is 7.86. The maximum absolute atomic E-state index is 12.9. The van der Waals surface area contributed by atoms with Crippen LogP contribution in [0.1, 0.15) is 31.9 Å². The number of nitrogens with zero attached hydrogens (tertiary/aromatic N) is 2. The molecule has 0 aliphatic carbocycles. The topological polar surface area (TPSA) is 81.4 Å². The van der Waals surface area contributed by atoms with Gasteiger partial charge in [-0.3, -0.25) is 4.79 Å². The number of aromatic nitrogens is 2. The van der Waals surface area contributed by atoms with Crippen molar-refractivity contribution in [3.8, 4) is 11.5 Å². The van der Waals surface area contributed by atoms with E-state index in [1.54, 1.807) is 13.8 Å². The molecule has 0 bridgehead atoms. The number of alkyl halides is 3. The molecule has 2 aromatic rings. The molecule has 0 fully saturated rings. The third-order valence-corrected chi connectivity index (χ3v) is 3.96. The van der Waals surface area contributed by atoms with Gasteiger partial charge >= 0.3 is 12.1 Å². The number of carbonyl (C=O) groups is 1. The van der Waals surface area contributed by atoms with Gasteiger partial charge in [-0.15, -0.1) is 0 Å². The highest BCUT2D eigenvalue weighted by Crippen LogP contribution is 2.40. The van der Waals surface area contributed by atoms with Crippen LogP contribution in [0.5, 0.6) is 11.5 Å². The first kappa shape index (κ1) is 20.8. The van der Waals surface area contributed by atoms with Crippen molar-refractivity contribution in [2.45, 2.75) is 32.5 Å². The monoisotopic (exact) mass is 404 g/mol. The molecule has 10 heteroatoms. The molecule has 146 valence electrons. The predicted molar refractivity (Wildman–Crippen MR) is 91.2 cm³/mol. The van der Waals surface area contributed by atoms with Gasteiger partial charge in [-0.1, -0.05) is 31.5 Å². The molecule has 1 unspecified atom stereocenters. The molecule has 0 spiro atoms. The van der Waals surface area contributed by atoms with Crippen molar-refractivity contribution in [1.29, 1.82) is 0 Å². The minimum atomic E-state index is -4.66. The molecule has 0 aliphatic heterocycles. The fraction of sp³-hybridized carbons (Fsp3) is 0.353. The number of halogens is 4. The molecule has 1 atom stereocenters. The molecule has 1 aromatic heterocycles. The number of carboxylic acid groups (broad SMARTS) is 1. The number of rotatable bonds is 6. The van der Waals surface area contributed by atoms with E-state index in [0.29, 0.717) is 0 Å². The lowest BCUT2D eigenvalue weighted by atomic mass is 10.0. The summed E-state index contributed by atoms with van der Waals surface area (Å²) in [6.07, 6.45) is -3.43. The Morgan fingerprint density at radius 2 is 2.04 bits per heavy atom. The second kappa shape index (κ2) is 7.99. The van der Waals surface area contributed by atoms with E-state index in [1.807, 2.05) is 0 Å². The highest BCUT2D eigenvalue weighted by molar-refractivity contribution is 6.32. The third kappa shape index (κ3) is 5.00. The fourth-order valence-corrected chi connectivity index (χ4v) is 2.65. The second-order valence-corrected chi connectivity index (χ2v) is 6.55. The van der Waals surface area contributed by atoms with E-state index in [2.05, 4.69) is 5.10 Å². The Kier molecular flexibility index (Phi) is 6.15. The van der Waals surface area contributed by atoms with E-state index < -0.39 is 34.3 Å². The lowest BCUT2D eigenvalue weighted by molar-refractivity contribution is -0.142. The van der Waals surface area contributed by atoms with Crippen LogP contribution in [0.25, 0.3) is 0 Å². The molecule has 1 aromatic carbocycles. The van der Waals surface area contributed by atoms with Gasteiger partial charge in [0.1, 0.15) is 5.75 Å². The first-order valence-corrected chi connectivity index (χ1v) is 8.23. The van der Waals surface area contributed by atoms with Crippen LogP contribution in [0, 0.1) is 5.92 Å². The molecule has 0 radical (unpaired) electrons. The molecule has 1 N–H and O–H groups in total. The number of carboxylic acids is 1. The molecule has 1 heterocycles. The van der Waals surface area contributed by atoms with Crippen LogP contribution in [-0.2, 0) is 11.0 Å². The Hall–Kier alpha value is -2.55. The van der Waals surface area contributed by atoms with E-state index in [1.165, 1.54) is 6.07 Å². The Bertz CT molecular complexity index is 896. The Labute approximate surface area is 157 Å². The summed E-state index contributed by atoms with van der Waals surface area (Å²) < 4.78 is 44.7. The first-order chi connectivity index (χ1) is 12.5. The van der Waals surface area contributed by atoms with E-state index in [9.17, 15) is 27.9 Å². The van der Waals surface area contributed by atoms with Crippen LogP contribution in [0.2, 0.25) is 5.02 Å². The molecule has 2 rings (SSSR count). The van der Waals surface area contributed by atoms with Crippen molar-refractivity contribution in [3.05, 3.63) is 51.4 Å². The number of hydrogen-bond donors (Lipinski definition) is 1. The SMILES string of the molecule is CC(C)CC(C(=O)O)n1ncc(Oc2cccc(C(F)(F)F)c2Cl)cc1=O. The summed E-state index contributed by atoms with van der Waals surface area (Å²) in [6, 6.07) is 2.90. The standard InChI is InChI=1S/C17H16ClF3N2O4/c1-9(2)6-12(16(25)26)23-14(24)7-10(8-22-23)27-13-5-3-4-11(15(13)18)17(19,20)21/h3-5,7-9,12H,6H2,1-2H3,(H,25,26). The molecule has 0 amide bonds. The predicted octanol–water partition coefficient (Wildman–Crippen LogP) is 4.38. The number of benzene rings is 1. The lowest BCUT2D eigenvalue weighted by Crippen LogP contribution is -2.32. The third-order valence-electron chi connectivity index (χ3n) is 3.57. The van der Waals surface area contributed by atoms with Gasteiger partial charge in [0.25, 0.3) is 5.56 Å². The molecular formula is C17H16ClF3N2O4. The number of hydrogen-bond acceptors (Lipinski definition) is 4. The van der Waals surface area contributed by atoms with Crippen LogP contribution in [0.15, 0.2) is 35.3 Å². The number of aliphatic carboxylic acids is 1. The molecule has 0 saturated heterocycles. The van der Waals surface area contributed by atoms with Gasteiger partial charge in [0, 0.05) is 6.07 Å². The van der Waals surface area contributed by atoms with E-state index in [0.717, 1.165) is 29.1 Å².